The first-order chi connectivity index (χ1) is 11.7. The van der Waals surface area contributed by atoms with Gasteiger partial charge in [-0.3, -0.25) is 4.79 Å². The lowest BCUT2D eigenvalue weighted by Crippen LogP contribution is -1.96. The molecule has 0 amide bonds. The zero-order valence-electron chi connectivity index (χ0n) is 14.4. The first kappa shape index (κ1) is 17.9. The lowest BCUT2D eigenvalue weighted by molar-refractivity contribution is 0.0988. The number of rotatable bonds is 9. The Kier molecular flexibility index (Phi) is 7.15. The molecule has 2 aromatic carbocycles. The van der Waals surface area contributed by atoms with Gasteiger partial charge in [0, 0.05) is 12.0 Å². The van der Waals surface area contributed by atoms with Crippen LogP contribution in [0.5, 0.6) is 5.75 Å². The molecule has 0 aromatic heterocycles. The molecule has 0 aliphatic heterocycles. The summed E-state index contributed by atoms with van der Waals surface area (Å²) in [5.74, 6) is 0.987. The Morgan fingerprint density at radius 2 is 1.46 bits per heavy atom. The quantitative estimate of drug-likeness (QED) is 0.310. The lowest BCUT2D eigenvalue weighted by Gasteiger charge is -2.05. The Labute approximate surface area is 143 Å². The molecule has 0 radical (unpaired) electrons. The highest BCUT2D eigenvalue weighted by Gasteiger charge is 2.02. The Morgan fingerprint density at radius 3 is 2.00 bits per heavy atom. The summed E-state index contributed by atoms with van der Waals surface area (Å²) in [5.41, 5.74) is 2.20. The molecule has 24 heavy (non-hydrogen) atoms. The number of nitrogens with zero attached hydrogens (tertiary/aromatic N) is 2. The minimum Gasteiger partial charge on any atom is -0.494 e. The summed E-state index contributed by atoms with van der Waals surface area (Å²) < 4.78 is 5.67. The van der Waals surface area contributed by atoms with Gasteiger partial charge in [-0.1, -0.05) is 26.7 Å². The first-order valence-electron chi connectivity index (χ1n) is 8.50. The van der Waals surface area contributed by atoms with Gasteiger partial charge in [-0.25, -0.2) is 0 Å². The van der Waals surface area contributed by atoms with Crippen LogP contribution >= 0.6 is 0 Å². The Balaban J connectivity index is 1.90. The maximum atomic E-state index is 11.6. The molecule has 4 nitrogen and oxygen atoms in total. The molecule has 0 atom stereocenters. The SMILES string of the molecule is CCCCCOc1ccc(N=Nc2ccc(C(=O)CC)cc2)cc1. The predicted octanol–water partition coefficient (Wildman–Crippen LogP) is 6.26. The van der Waals surface area contributed by atoms with Gasteiger partial charge in [-0.05, 0) is 55.0 Å². The van der Waals surface area contributed by atoms with E-state index >= 15 is 0 Å². The van der Waals surface area contributed by atoms with Gasteiger partial charge < -0.3 is 4.74 Å². The monoisotopic (exact) mass is 324 g/mol. The van der Waals surface area contributed by atoms with Crippen molar-refractivity contribution < 1.29 is 9.53 Å². The standard InChI is InChI=1S/C20H24N2O2/c1-3-5-6-15-24-19-13-11-18(12-14-19)22-21-17-9-7-16(8-10-17)20(23)4-2/h7-14H,3-6,15H2,1-2H3. The Bertz CT molecular complexity index is 661. The molecule has 4 heteroatoms. The number of ether oxygens (including phenoxy) is 1. The zero-order chi connectivity index (χ0) is 17.2. The van der Waals surface area contributed by atoms with E-state index in [2.05, 4.69) is 17.2 Å². The summed E-state index contributed by atoms with van der Waals surface area (Å²) in [6.07, 6.45) is 3.97. The van der Waals surface area contributed by atoms with Crippen LogP contribution in [0, 0.1) is 0 Å². The summed E-state index contributed by atoms with van der Waals surface area (Å²) in [5, 5.41) is 8.40. The van der Waals surface area contributed by atoms with Crippen LogP contribution in [-0.2, 0) is 0 Å². The van der Waals surface area contributed by atoms with E-state index in [1.807, 2.05) is 31.2 Å². The second kappa shape index (κ2) is 9.60. The van der Waals surface area contributed by atoms with Crippen molar-refractivity contribution in [3.8, 4) is 5.75 Å². The van der Waals surface area contributed by atoms with Gasteiger partial charge in [0.05, 0.1) is 18.0 Å². The fourth-order valence-electron chi connectivity index (χ4n) is 2.18. The highest BCUT2D eigenvalue weighted by atomic mass is 16.5. The number of benzene rings is 2. The van der Waals surface area contributed by atoms with Crippen molar-refractivity contribution in [2.45, 2.75) is 39.5 Å². The lowest BCUT2D eigenvalue weighted by atomic mass is 10.1. The summed E-state index contributed by atoms with van der Waals surface area (Å²) in [6, 6.07) is 14.8. The smallest absolute Gasteiger partial charge is 0.162 e. The third-order valence-corrected chi connectivity index (χ3v) is 3.64. The molecule has 0 aliphatic carbocycles. The molecular weight excluding hydrogens is 300 g/mol. The van der Waals surface area contributed by atoms with Gasteiger partial charge in [-0.2, -0.15) is 10.2 Å². The van der Waals surface area contributed by atoms with Crippen molar-refractivity contribution in [1.82, 2.24) is 0 Å². The van der Waals surface area contributed by atoms with Gasteiger partial charge in [0.25, 0.3) is 0 Å². The fraction of sp³-hybridized carbons (Fsp3) is 0.350. The predicted molar refractivity (Wildman–Crippen MR) is 96.7 cm³/mol. The second-order valence-electron chi connectivity index (χ2n) is 5.57. The van der Waals surface area contributed by atoms with Crippen LogP contribution in [0.1, 0.15) is 49.9 Å². The van der Waals surface area contributed by atoms with Crippen molar-refractivity contribution in [2.75, 3.05) is 6.61 Å². The molecule has 0 N–H and O–H groups in total. The second-order valence-corrected chi connectivity index (χ2v) is 5.57. The van der Waals surface area contributed by atoms with E-state index in [1.54, 1.807) is 24.3 Å². The third-order valence-electron chi connectivity index (χ3n) is 3.64. The number of Topliss-reactive ketones (excluding diaryl/α,β-unsaturated/α-hetero) is 1. The van der Waals surface area contributed by atoms with E-state index in [4.69, 9.17) is 4.74 Å². The molecule has 0 aliphatic rings. The Hall–Kier alpha value is -2.49. The molecule has 0 bridgehead atoms. The van der Waals surface area contributed by atoms with E-state index in [9.17, 15) is 4.79 Å². The molecule has 0 heterocycles. The molecule has 0 saturated carbocycles. The number of azo groups is 1. The van der Waals surface area contributed by atoms with E-state index in [-0.39, 0.29) is 5.78 Å². The van der Waals surface area contributed by atoms with Crippen LogP contribution in [0.3, 0.4) is 0 Å². The number of hydrogen-bond donors (Lipinski definition) is 0. The van der Waals surface area contributed by atoms with Crippen molar-refractivity contribution in [2.24, 2.45) is 10.2 Å². The maximum Gasteiger partial charge on any atom is 0.162 e. The van der Waals surface area contributed by atoms with Crippen LogP contribution in [0.2, 0.25) is 0 Å². The molecular formula is C20H24N2O2. The normalized spacial score (nSPS) is 10.9. The summed E-state index contributed by atoms with van der Waals surface area (Å²) in [7, 11) is 0. The average molecular weight is 324 g/mol. The van der Waals surface area contributed by atoms with E-state index in [1.165, 1.54) is 12.8 Å². The highest BCUT2D eigenvalue weighted by molar-refractivity contribution is 5.96. The summed E-state index contributed by atoms with van der Waals surface area (Å²) in [4.78, 5) is 11.6. The molecule has 0 spiro atoms. The summed E-state index contributed by atoms with van der Waals surface area (Å²) >= 11 is 0. The van der Waals surface area contributed by atoms with E-state index in [0.717, 1.165) is 30.2 Å². The molecule has 0 unspecified atom stereocenters. The molecule has 0 saturated heterocycles. The third kappa shape index (κ3) is 5.61. The minimum atomic E-state index is 0.132. The fourth-order valence-corrected chi connectivity index (χ4v) is 2.18. The molecule has 2 rings (SSSR count). The Morgan fingerprint density at radius 1 is 0.875 bits per heavy atom. The van der Waals surface area contributed by atoms with Gasteiger partial charge in [-0.15, -0.1) is 0 Å². The first-order valence-corrected chi connectivity index (χ1v) is 8.50. The topological polar surface area (TPSA) is 51.0 Å². The van der Waals surface area contributed by atoms with Crippen LogP contribution in [0.4, 0.5) is 11.4 Å². The average Bonchev–Trinajstić information content (AvgIpc) is 2.64. The largest absolute Gasteiger partial charge is 0.494 e. The van der Waals surface area contributed by atoms with Gasteiger partial charge >= 0.3 is 0 Å². The van der Waals surface area contributed by atoms with Crippen LogP contribution < -0.4 is 4.74 Å². The zero-order valence-corrected chi connectivity index (χ0v) is 14.4. The molecule has 126 valence electrons. The number of unbranched alkanes of at least 4 members (excludes halogenated alkanes) is 2. The van der Waals surface area contributed by atoms with E-state index < -0.39 is 0 Å². The maximum absolute atomic E-state index is 11.6. The van der Waals surface area contributed by atoms with Crippen LogP contribution in [0.15, 0.2) is 58.8 Å². The van der Waals surface area contributed by atoms with Gasteiger partial charge in [0.2, 0.25) is 0 Å². The molecule has 0 fully saturated rings. The van der Waals surface area contributed by atoms with Crippen LogP contribution in [-0.4, -0.2) is 12.4 Å². The van der Waals surface area contributed by atoms with Gasteiger partial charge in [0.15, 0.2) is 5.78 Å². The van der Waals surface area contributed by atoms with Crippen molar-refractivity contribution in [3.63, 3.8) is 0 Å². The van der Waals surface area contributed by atoms with Crippen molar-refractivity contribution in [3.05, 3.63) is 54.1 Å². The number of ketones is 1. The van der Waals surface area contributed by atoms with Gasteiger partial charge in [0.1, 0.15) is 5.75 Å². The minimum absolute atomic E-state index is 0.132. The number of carbonyl (C=O) groups is 1. The number of hydrogen-bond acceptors (Lipinski definition) is 4. The highest BCUT2D eigenvalue weighted by Crippen LogP contribution is 2.22. The summed E-state index contributed by atoms with van der Waals surface area (Å²) in [6.45, 7) is 4.78. The van der Waals surface area contributed by atoms with Crippen molar-refractivity contribution >= 4 is 17.2 Å². The van der Waals surface area contributed by atoms with E-state index in [0.29, 0.717) is 12.0 Å². The number of carbonyl (C=O) groups excluding carboxylic acids is 1. The van der Waals surface area contributed by atoms with Crippen molar-refractivity contribution in [1.29, 1.82) is 0 Å². The van der Waals surface area contributed by atoms with Crippen LogP contribution in [0.25, 0.3) is 0 Å². The molecule has 2 aromatic rings.